The van der Waals surface area contributed by atoms with E-state index in [1.165, 1.54) is 22.3 Å². The van der Waals surface area contributed by atoms with Crippen molar-refractivity contribution in [3.05, 3.63) is 34.4 Å². The van der Waals surface area contributed by atoms with Crippen molar-refractivity contribution in [2.24, 2.45) is 17.1 Å². The average Bonchev–Trinajstić information content (AvgIpc) is 2.28. The predicted molar refractivity (Wildman–Crippen MR) is 77.8 cm³/mol. The fraction of sp³-hybridized carbons (Fsp3) is 0.625. The van der Waals surface area contributed by atoms with E-state index >= 15 is 0 Å². The zero-order valence-electron chi connectivity index (χ0n) is 12.4. The highest BCUT2D eigenvalue weighted by Gasteiger charge is 2.32. The highest BCUT2D eigenvalue weighted by molar-refractivity contribution is 5.38. The van der Waals surface area contributed by atoms with Gasteiger partial charge in [-0.15, -0.1) is 0 Å². The fourth-order valence-electron chi connectivity index (χ4n) is 2.66. The van der Waals surface area contributed by atoms with E-state index < -0.39 is 0 Å². The van der Waals surface area contributed by atoms with Crippen LogP contribution in [-0.2, 0) is 6.42 Å². The van der Waals surface area contributed by atoms with Crippen molar-refractivity contribution in [3.8, 4) is 0 Å². The van der Waals surface area contributed by atoms with Gasteiger partial charge in [-0.1, -0.05) is 31.5 Å². The van der Waals surface area contributed by atoms with Crippen molar-refractivity contribution < 1.29 is 5.11 Å². The van der Waals surface area contributed by atoms with Gasteiger partial charge in [0.2, 0.25) is 0 Å². The summed E-state index contributed by atoms with van der Waals surface area (Å²) in [6.45, 7) is 11.4. The molecule has 0 fully saturated rings. The fourth-order valence-corrected chi connectivity index (χ4v) is 2.66. The smallest absolute Gasteiger partial charge is 0.0505 e. The van der Waals surface area contributed by atoms with Crippen LogP contribution >= 0.6 is 0 Å². The maximum atomic E-state index is 9.76. The Morgan fingerprint density at radius 1 is 1.17 bits per heavy atom. The summed E-state index contributed by atoms with van der Waals surface area (Å²) in [6, 6.07) is 4.42. The molecule has 102 valence electrons. The lowest BCUT2D eigenvalue weighted by Gasteiger charge is -2.36. The van der Waals surface area contributed by atoms with Gasteiger partial charge in [0.25, 0.3) is 0 Å². The molecule has 0 amide bonds. The minimum atomic E-state index is -0.204. The largest absolute Gasteiger partial charge is 0.396 e. The van der Waals surface area contributed by atoms with Crippen molar-refractivity contribution in [1.82, 2.24) is 0 Å². The number of rotatable bonds is 5. The molecule has 2 nitrogen and oxygen atoms in total. The molecule has 0 aliphatic carbocycles. The molecular weight excluding hydrogens is 222 g/mol. The Hall–Kier alpha value is -0.860. The Bertz CT molecular complexity index is 383. The van der Waals surface area contributed by atoms with Crippen LogP contribution in [0.2, 0.25) is 0 Å². The molecule has 1 rings (SSSR count). The molecule has 0 bridgehead atoms. The summed E-state index contributed by atoms with van der Waals surface area (Å²) >= 11 is 0. The van der Waals surface area contributed by atoms with Crippen LogP contribution in [-0.4, -0.2) is 18.3 Å². The first kappa shape index (κ1) is 15.2. The molecular formula is C16H27NO. The summed E-state index contributed by atoms with van der Waals surface area (Å²) in [5, 5.41) is 9.76. The lowest BCUT2D eigenvalue weighted by atomic mass is 9.72. The monoisotopic (exact) mass is 249 g/mol. The van der Waals surface area contributed by atoms with Crippen LogP contribution in [0.25, 0.3) is 0 Å². The van der Waals surface area contributed by atoms with Crippen molar-refractivity contribution in [2.75, 3.05) is 13.2 Å². The minimum Gasteiger partial charge on any atom is -0.396 e. The lowest BCUT2D eigenvalue weighted by molar-refractivity contribution is 0.0840. The van der Waals surface area contributed by atoms with E-state index in [-0.39, 0.29) is 12.0 Å². The van der Waals surface area contributed by atoms with E-state index in [1.807, 2.05) is 0 Å². The molecule has 0 aliphatic heterocycles. The maximum absolute atomic E-state index is 9.76. The lowest BCUT2D eigenvalue weighted by Crippen LogP contribution is -2.41. The summed E-state index contributed by atoms with van der Waals surface area (Å²) in [5.74, 6) is 0.368. The van der Waals surface area contributed by atoms with E-state index in [0.29, 0.717) is 12.5 Å². The Kier molecular flexibility index (Phi) is 4.94. The van der Waals surface area contributed by atoms with Crippen LogP contribution in [0.4, 0.5) is 0 Å². The highest BCUT2D eigenvalue weighted by Crippen LogP contribution is 2.33. The summed E-state index contributed by atoms with van der Waals surface area (Å²) in [7, 11) is 0. The summed E-state index contributed by atoms with van der Waals surface area (Å²) in [4.78, 5) is 0. The molecule has 0 heterocycles. The number of aliphatic hydroxyl groups excluding tert-OH is 1. The first-order valence-electron chi connectivity index (χ1n) is 6.74. The van der Waals surface area contributed by atoms with Crippen LogP contribution < -0.4 is 5.73 Å². The molecule has 18 heavy (non-hydrogen) atoms. The Morgan fingerprint density at radius 2 is 1.67 bits per heavy atom. The topological polar surface area (TPSA) is 46.2 Å². The quantitative estimate of drug-likeness (QED) is 0.843. The second-order valence-electron chi connectivity index (χ2n) is 5.93. The standard InChI is InChI=1S/C16H27NO/c1-11(2)16(9-17,10-18)8-15-13(4)6-12(3)7-14(15)5/h6-7,11,18H,8-10,17H2,1-5H3. The van der Waals surface area contributed by atoms with Crippen LogP contribution in [0, 0.1) is 32.1 Å². The second-order valence-corrected chi connectivity index (χ2v) is 5.93. The molecule has 0 radical (unpaired) electrons. The van der Waals surface area contributed by atoms with Gasteiger partial charge >= 0.3 is 0 Å². The molecule has 2 heteroatoms. The van der Waals surface area contributed by atoms with Gasteiger partial charge in [0.05, 0.1) is 6.61 Å². The SMILES string of the molecule is Cc1cc(C)c(CC(CN)(CO)C(C)C)c(C)c1. The van der Waals surface area contributed by atoms with Crippen molar-refractivity contribution in [3.63, 3.8) is 0 Å². The number of nitrogens with two attached hydrogens (primary N) is 1. The van der Waals surface area contributed by atoms with Crippen LogP contribution in [0.3, 0.4) is 0 Å². The third-order valence-electron chi connectivity index (χ3n) is 4.32. The predicted octanol–water partition coefficient (Wildman–Crippen LogP) is 2.75. The Labute approximate surface area is 111 Å². The van der Waals surface area contributed by atoms with E-state index in [0.717, 1.165) is 6.42 Å². The first-order valence-corrected chi connectivity index (χ1v) is 6.74. The minimum absolute atomic E-state index is 0.147. The normalized spacial score (nSPS) is 14.9. The molecule has 1 unspecified atom stereocenters. The van der Waals surface area contributed by atoms with Gasteiger partial charge in [-0.25, -0.2) is 0 Å². The molecule has 1 aromatic carbocycles. The van der Waals surface area contributed by atoms with Crippen LogP contribution in [0.5, 0.6) is 0 Å². The number of benzene rings is 1. The van der Waals surface area contributed by atoms with Crippen molar-refractivity contribution >= 4 is 0 Å². The van der Waals surface area contributed by atoms with Gasteiger partial charge in [-0.2, -0.15) is 0 Å². The Morgan fingerprint density at radius 3 is 2.00 bits per heavy atom. The van der Waals surface area contributed by atoms with Gasteiger partial charge < -0.3 is 10.8 Å². The Balaban J connectivity index is 3.16. The molecule has 0 spiro atoms. The second kappa shape index (κ2) is 5.85. The van der Waals surface area contributed by atoms with Gasteiger partial charge in [0.15, 0.2) is 0 Å². The van der Waals surface area contributed by atoms with Crippen molar-refractivity contribution in [1.29, 1.82) is 0 Å². The summed E-state index contributed by atoms with van der Waals surface area (Å²) in [6.07, 6.45) is 0.857. The van der Waals surface area contributed by atoms with Gasteiger partial charge in [0.1, 0.15) is 0 Å². The van der Waals surface area contributed by atoms with E-state index in [4.69, 9.17) is 5.73 Å². The van der Waals surface area contributed by atoms with Gasteiger partial charge in [0, 0.05) is 12.0 Å². The zero-order valence-corrected chi connectivity index (χ0v) is 12.4. The van der Waals surface area contributed by atoms with Crippen molar-refractivity contribution in [2.45, 2.75) is 41.0 Å². The molecule has 1 atom stereocenters. The third kappa shape index (κ3) is 2.93. The number of hydrogen-bond acceptors (Lipinski definition) is 2. The molecule has 0 aromatic heterocycles. The molecule has 1 aromatic rings. The van der Waals surface area contributed by atoms with E-state index in [2.05, 4.69) is 46.8 Å². The van der Waals surface area contributed by atoms with E-state index in [9.17, 15) is 5.11 Å². The summed E-state index contributed by atoms with van der Waals surface area (Å²) in [5.41, 5.74) is 11.0. The highest BCUT2D eigenvalue weighted by atomic mass is 16.3. The van der Waals surface area contributed by atoms with E-state index in [1.54, 1.807) is 0 Å². The van der Waals surface area contributed by atoms with Crippen LogP contribution in [0.15, 0.2) is 12.1 Å². The molecule has 0 saturated heterocycles. The van der Waals surface area contributed by atoms with Crippen LogP contribution in [0.1, 0.15) is 36.1 Å². The number of aryl methyl sites for hydroxylation is 3. The number of hydrogen-bond donors (Lipinski definition) is 2. The molecule has 0 aliphatic rings. The first-order chi connectivity index (χ1) is 8.36. The van der Waals surface area contributed by atoms with Gasteiger partial charge in [-0.3, -0.25) is 0 Å². The maximum Gasteiger partial charge on any atom is 0.0505 e. The van der Waals surface area contributed by atoms with Gasteiger partial charge in [-0.05, 0) is 49.8 Å². The zero-order chi connectivity index (χ0) is 13.9. The summed E-state index contributed by atoms with van der Waals surface area (Å²) < 4.78 is 0. The average molecular weight is 249 g/mol. The molecule has 3 N–H and O–H groups in total. The molecule has 0 saturated carbocycles. The third-order valence-corrected chi connectivity index (χ3v) is 4.32. The number of aliphatic hydroxyl groups is 1.